The molecule has 0 N–H and O–H groups in total. The smallest absolute Gasteiger partial charge is 0.217 e. The molecule has 0 radical (unpaired) electrons. The summed E-state index contributed by atoms with van der Waals surface area (Å²) in [4.78, 5) is 8.23. The Balaban J connectivity index is 2.46. The van der Waals surface area contributed by atoms with Crippen LogP contribution in [-0.2, 0) is 0 Å². The Morgan fingerprint density at radius 1 is 1.57 bits per heavy atom. The highest BCUT2D eigenvalue weighted by Gasteiger charge is 1.99. The van der Waals surface area contributed by atoms with Gasteiger partial charge in [-0.2, -0.15) is 4.98 Å². The van der Waals surface area contributed by atoms with Crippen LogP contribution in [0, 0.1) is 6.92 Å². The summed E-state index contributed by atoms with van der Waals surface area (Å²) in [5.74, 6) is 1.33. The number of rotatable bonds is 5. The van der Waals surface area contributed by atoms with Crippen LogP contribution < -0.4 is 4.74 Å². The Kier molecular flexibility index (Phi) is 4.59. The number of unbranched alkanes of at least 4 members (excludes halogenated alkanes) is 1. The van der Waals surface area contributed by atoms with Gasteiger partial charge in [-0.3, -0.25) is 0 Å². The van der Waals surface area contributed by atoms with Gasteiger partial charge in [0.25, 0.3) is 0 Å². The molecule has 0 saturated heterocycles. The van der Waals surface area contributed by atoms with Crippen LogP contribution in [-0.4, -0.2) is 16.6 Å². The van der Waals surface area contributed by atoms with E-state index in [4.69, 9.17) is 4.74 Å². The first-order valence-corrected chi connectivity index (χ1v) is 5.26. The summed E-state index contributed by atoms with van der Waals surface area (Å²) in [6.45, 7) is 6.14. The summed E-state index contributed by atoms with van der Waals surface area (Å²) in [5.41, 5.74) is 0. The summed E-state index contributed by atoms with van der Waals surface area (Å²) >= 11 is 3.29. The summed E-state index contributed by atoms with van der Waals surface area (Å²) < 4.78 is 6.19. The van der Waals surface area contributed by atoms with Crippen molar-refractivity contribution in [1.29, 1.82) is 0 Å². The monoisotopic (exact) mass is 256 g/mol. The Bertz CT molecular complexity index is 295. The van der Waals surface area contributed by atoms with Crippen molar-refractivity contribution < 1.29 is 4.74 Å². The summed E-state index contributed by atoms with van der Waals surface area (Å²) in [7, 11) is 0. The standard InChI is InChI=1S/C10H13BrN2O/c1-3-4-5-6-14-10-7-9(11)12-8(2)13-10/h3,7H,1,4-6H2,2H3. The predicted octanol–water partition coefficient (Wildman–Crippen LogP) is 2.89. The average molecular weight is 257 g/mol. The predicted molar refractivity (Wildman–Crippen MR) is 59.4 cm³/mol. The van der Waals surface area contributed by atoms with Crippen molar-refractivity contribution in [2.75, 3.05) is 6.61 Å². The van der Waals surface area contributed by atoms with E-state index in [1.165, 1.54) is 0 Å². The first-order valence-electron chi connectivity index (χ1n) is 4.47. The van der Waals surface area contributed by atoms with Crippen LogP contribution in [0.25, 0.3) is 0 Å². The molecule has 0 aromatic carbocycles. The van der Waals surface area contributed by atoms with E-state index in [0.29, 0.717) is 18.3 Å². The van der Waals surface area contributed by atoms with Gasteiger partial charge < -0.3 is 4.74 Å². The molecule has 0 aliphatic rings. The van der Waals surface area contributed by atoms with Crippen molar-refractivity contribution in [3.8, 4) is 5.88 Å². The number of aromatic nitrogens is 2. The van der Waals surface area contributed by atoms with Crippen LogP contribution in [0.1, 0.15) is 18.7 Å². The van der Waals surface area contributed by atoms with Crippen LogP contribution >= 0.6 is 15.9 Å². The van der Waals surface area contributed by atoms with Crippen LogP contribution in [0.3, 0.4) is 0 Å². The van der Waals surface area contributed by atoms with Gasteiger partial charge in [-0.05, 0) is 35.7 Å². The topological polar surface area (TPSA) is 35.0 Å². The third-order valence-electron chi connectivity index (χ3n) is 1.59. The Hall–Kier alpha value is -0.900. The fraction of sp³-hybridized carbons (Fsp3) is 0.400. The van der Waals surface area contributed by atoms with Gasteiger partial charge in [0.05, 0.1) is 6.61 Å². The highest BCUT2D eigenvalue weighted by molar-refractivity contribution is 9.10. The molecule has 0 atom stereocenters. The molecule has 1 heterocycles. The largest absolute Gasteiger partial charge is 0.478 e. The second-order valence-corrected chi connectivity index (χ2v) is 3.67. The molecule has 0 spiro atoms. The molecule has 1 aromatic rings. The molecular formula is C10H13BrN2O. The lowest BCUT2D eigenvalue weighted by molar-refractivity contribution is 0.298. The van der Waals surface area contributed by atoms with Crippen LogP contribution in [0.5, 0.6) is 5.88 Å². The minimum Gasteiger partial charge on any atom is -0.478 e. The molecular weight excluding hydrogens is 244 g/mol. The van der Waals surface area contributed by atoms with Gasteiger partial charge in [-0.15, -0.1) is 6.58 Å². The maximum absolute atomic E-state index is 5.44. The van der Waals surface area contributed by atoms with E-state index in [1.807, 2.05) is 13.0 Å². The van der Waals surface area contributed by atoms with Crippen molar-refractivity contribution in [2.45, 2.75) is 19.8 Å². The number of ether oxygens (including phenoxy) is 1. The molecule has 0 unspecified atom stereocenters. The summed E-state index contributed by atoms with van der Waals surface area (Å²) in [5, 5.41) is 0. The number of hydrogen-bond donors (Lipinski definition) is 0. The van der Waals surface area contributed by atoms with E-state index >= 15 is 0 Å². The van der Waals surface area contributed by atoms with Gasteiger partial charge in [0, 0.05) is 6.07 Å². The van der Waals surface area contributed by atoms with Crippen LogP contribution in [0.4, 0.5) is 0 Å². The van der Waals surface area contributed by atoms with Crippen molar-refractivity contribution in [3.05, 3.63) is 29.1 Å². The second-order valence-electron chi connectivity index (χ2n) is 2.86. The van der Waals surface area contributed by atoms with E-state index in [2.05, 4.69) is 32.5 Å². The fourth-order valence-corrected chi connectivity index (χ4v) is 1.44. The van der Waals surface area contributed by atoms with Gasteiger partial charge in [0.2, 0.25) is 5.88 Å². The number of aryl methyl sites for hydroxylation is 1. The highest BCUT2D eigenvalue weighted by Crippen LogP contribution is 2.14. The van der Waals surface area contributed by atoms with E-state index in [9.17, 15) is 0 Å². The van der Waals surface area contributed by atoms with Gasteiger partial charge in [0.15, 0.2) is 0 Å². The average Bonchev–Trinajstić information content (AvgIpc) is 2.11. The minimum absolute atomic E-state index is 0.619. The van der Waals surface area contributed by atoms with Gasteiger partial charge in [0.1, 0.15) is 10.4 Å². The quantitative estimate of drug-likeness (QED) is 0.462. The molecule has 0 bridgehead atoms. The molecule has 4 heteroatoms. The first kappa shape index (κ1) is 11.2. The Labute approximate surface area is 92.4 Å². The van der Waals surface area contributed by atoms with Crippen molar-refractivity contribution >= 4 is 15.9 Å². The third kappa shape index (κ3) is 3.87. The van der Waals surface area contributed by atoms with E-state index < -0.39 is 0 Å². The molecule has 1 aromatic heterocycles. The first-order chi connectivity index (χ1) is 6.72. The lowest BCUT2D eigenvalue weighted by Crippen LogP contribution is -2.00. The van der Waals surface area contributed by atoms with E-state index in [-0.39, 0.29) is 0 Å². The number of nitrogens with zero attached hydrogens (tertiary/aromatic N) is 2. The summed E-state index contributed by atoms with van der Waals surface area (Å²) in [6.07, 6.45) is 3.81. The van der Waals surface area contributed by atoms with E-state index in [0.717, 1.165) is 17.4 Å². The lowest BCUT2D eigenvalue weighted by atomic mass is 10.3. The SMILES string of the molecule is C=CCCCOc1cc(Br)nc(C)n1. The van der Waals surface area contributed by atoms with E-state index in [1.54, 1.807) is 6.07 Å². The molecule has 0 amide bonds. The van der Waals surface area contributed by atoms with Crippen molar-refractivity contribution in [3.63, 3.8) is 0 Å². The zero-order valence-electron chi connectivity index (χ0n) is 8.16. The fourth-order valence-electron chi connectivity index (χ4n) is 0.984. The molecule has 0 aliphatic heterocycles. The zero-order chi connectivity index (χ0) is 10.4. The molecule has 0 saturated carbocycles. The van der Waals surface area contributed by atoms with Gasteiger partial charge in [-0.1, -0.05) is 6.08 Å². The molecule has 76 valence electrons. The second kappa shape index (κ2) is 5.75. The summed E-state index contributed by atoms with van der Waals surface area (Å²) in [6, 6.07) is 1.76. The number of allylic oxidation sites excluding steroid dienone is 1. The number of hydrogen-bond acceptors (Lipinski definition) is 3. The molecule has 1 rings (SSSR count). The maximum atomic E-state index is 5.44. The molecule has 3 nitrogen and oxygen atoms in total. The highest BCUT2D eigenvalue weighted by atomic mass is 79.9. The maximum Gasteiger partial charge on any atom is 0.217 e. The number of halogens is 1. The molecule has 14 heavy (non-hydrogen) atoms. The van der Waals surface area contributed by atoms with Crippen LogP contribution in [0.2, 0.25) is 0 Å². The normalized spacial score (nSPS) is 9.86. The van der Waals surface area contributed by atoms with Crippen molar-refractivity contribution in [1.82, 2.24) is 9.97 Å². The Morgan fingerprint density at radius 2 is 2.36 bits per heavy atom. The molecule has 0 aliphatic carbocycles. The van der Waals surface area contributed by atoms with Gasteiger partial charge in [-0.25, -0.2) is 4.98 Å². The minimum atomic E-state index is 0.619. The third-order valence-corrected chi connectivity index (χ3v) is 1.99. The Morgan fingerprint density at radius 3 is 3.00 bits per heavy atom. The molecule has 0 fully saturated rings. The van der Waals surface area contributed by atoms with Gasteiger partial charge >= 0.3 is 0 Å². The zero-order valence-corrected chi connectivity index (χ0v) is 9.75. The lowest BCUT2D eigenvalue weighted by Gasteiger charge is -2.04. The van der Waals surface area contributed by atoms with Crippen molar-refractivity contribution in [2.24, 2.45) is 0 Å². The van der Waals surface area contributed by atoms with Crippen LogP contribution in [0.15, 0.2) is 23.3 Å².